The predicted octanol–water partition coefficient (Wildman–Crippen LogP) is 2.39. The summed E-state index contributed by atoms with van der Waals surface area (Å²) in [4.78, 5) is 19.3. The number of anilines is 1. The lowest BCUT2D eigenvalue weighted by Crippen LogP contribution is -2.09. The van der Waals surface area contributed by atoms with Gasteiger partial charge in [-0.15, -0.1) is 0 Å². The molecule has 7 heteroatoms. The molecule has 0 unspecified atom stereocenters. The van der Waals surface area contributed by atoms with Crippen LogP contribution in [0.2, 0.25) is 0 Å². The maximum atomic E-state index is 13.8. The first-order chi connectivity index (χ1) is 9.90. The summed E-state index contributed by atoms with van der Waals surface area (Å²) in [7, 11) is 1.22. The zero-order chi connectivity index (χ0) is 15.6. The number of rotatable bonds is 3. The minimum Gasteiger partial charge on any atom is -0.463 e. The molecule has 0 aliphatic heterocycles. The van der Waals surface area contributed by atoms with Gasteiger partial charge in [0.15, 0.2) is 11.6 Å². The number of esters is 1. The lowest BCUT2D eigenvalue weighted by Gasteiger charge is -2.09. The van der Waals surface area contributed by atoms with Crippen molar-refractivity contribution in [2.75, 3.05) is 12.8 Å². The van der Waals surface area contributed by atoms with E-state index in [1.165, 1.54) is 25.3 Å². The predicted molar refractivity (Wildman–Crippen MR) is 73.7 cm³/mol. The summed E-state index contributed by atoms with van der Waals surface area (Å²) in [6.45, 7) is 3.39. The Balaban J connectivity index is 2.38. The van der Waals surface area contributed by atoms with E-state index in [4.69, 9.17) is 10.5 Å². The molecule has 0 amide bonds. The number of halogens is 1. The first-order valence-electron chi connectivity index (χ1n) is 6.08. The molecule has 0 aliphatic carbocycles. The molecule has 21 heavy (non-hydrogen) atoms. The molecule has 1 aromatic heterocycles. The Morgan fingerprint density at radius 3 is 2.62 bits per heavy atom. The van der Waals surface area contributed by atoms with E-state index in [9.17, 15) is 9.18 Å². The summed E-state index contributed by atoms with van der Waals surface area (Å²) < 4.78 is 23.7. The number of nitrogen functional groups attached to an aromatic ring is 1. The van der Waals surface area contributed by atoms with Crippen molar-refractivity contribution in [1.29, 1.82) is 0 Å². The molecule has 2 rings (SSSR count). The summed E-state index contributed by atoms with van der Waals surface area (Å²) >= 11 is 0. The van der Waals surface area contributed by atoms with Crippen molar-refractivity contribution < 1.29 is 18.7 Å². The third-order valence-electron chi connectivity index (χ3n) is 2.73. The van der Waals surface area contributed by atoms with Crippen molar-refractivity contribution in [1.82, 2.24) is 9.97 Å². The number of benzene rings is 1. The van der Waals surface area contributed by atoms with Gasteiger partial charge in [0.1, 0.15) is 0 Å². The van der Waals surface area contributed by atoms with E-state index in [1.54, 1.807) is 13.8 Å². The molecule has 0 bridgehead atoms. The summed E-state index contributed by atoms with van der Waals surface area (Å²) in [5.41, 5.74) is 7.10. The molecular weight excluding hydrogens is 277 g/mol. The highest BCUT2D eigenvalue weighted by atomic mass is 19.1. The van der Waals surface area contributed by atoms with Crippen LogP contribution in [0.25, 0.3) is 0 Å². The van der Waals surface area contributed by atoms with Crippen LogP contribution in [0.3, 0.4) is 0 Å². The van der Waals surface area contributed by atoms with Gasteiger partial charge in [-0.3, -0.25) is 0 Å². The number of hydrogen-bond acceptors (Lipinski definition) is 6. The Hall–Kier alpha value is -2.70. The first kappa shape index (κ1) is 14.7. The van der Waals surface area contributed by atoms with E-state index in [-0.39, 0.29) is 17.5 Å². The fourth-order valence-corrected chi connectivity index (χ4v) is 1.64. The first-order valence-corrected chi connectivity index (χ1v) is 6.08. The maximum Gasteiger partial charge on any atom is 0.376 e. The maximum absolute atomic E-state index is 13.8. The quantitative estimate of drug-likeness (QED) is 0.690. The number of carbonyl (C=O) groups excluding carboxylic acids is 1. The van der Waals surface area contributed by atoms with Gasteiger partial charge >= 0.3 is 5.97 Å². The van der Waals surface area contributed by atoms with Crippen molar-refractivity contribution in [3.63, 3.8) is 0 Å². The van der Waals surface area contributed by atoms with Gasteiger partial charge in [0, 0.05) is 23.5 Å². The van der Waals surface area contributed by atoms with Crippen LogP contribution in [0.5, 0.6) is 11.6 Å². The Kier molecular flexibility index (Phi) is 4.02. The average molecular weight is 291 g/mol. The molecule has 0 radical (unpaired) electrons. The Morgan fingerprint density at radius 1 is 1.24 bits per heavy atom. The normalized spacial score (nSPS) is 10.3. The molecule has 2 aromatic rings. The van der Waals surface area contributed by atoms with Gasteiger partial charge in [0.2, 0.25) is 11.7 Å². The van der Waals surface area contributed by atoms with Crippen LogP contribution in [-0.4, -0.2) is 23.0 Å². The third-order valence-corrected chi connectivity index (χ3v) is 2.73. The summed E-state index contributed by atoms with van der Waals surface area (Å²) in [5.74, 6) is -1.45. The number of carbonyl (C=O) groups is 1. The molecule has 0 spiro atoms. The van der Waals surface area contributed by atoms with E-state index in [0.29, 0.717) is 16.9 Å². The van der Waals surface area contributed by atoms with Gasteiger partial charge < -0.3 is 15.2 Å². The van der Waals surface area contributed by atoms with Crippen LogP contribution in [-0.2, 0) is 4.74 Å². The van der Waals surface area contributed by atoms with E-state index in [1.807, 2.05) is 0 Å². The number of aromatic nitrogens is 2. The average Bonchev–Trinajstić information content (AvgIpc) is 2.43. The van der Waals surface area contributed by atoms with Gasteiger partial charge in [0.25, 0.3) is 0 Å². The Labute approximate surface area is 120 Å². The second-order valence-corrected chi connectivity index (χ2v) is 4.40. The highest BCUT2D eigenvalue weighted by Crippen LogP contribution is 2.27. The van der Waals surface area contributed by atoms with Gasteiger partial charge in [-0.05, 0) is 25.5 Å². The molecule has 1 heterocycles. The van der Waals surface area contributed by atoms with Crippen LogP contribution >= 0.6 is 0 Å². The van der Waals surface area contributed by atoms with Crippen molar-refractivity contribution >= 4 is 11.7 Å². The molecule has 1 aromatic carbocycles. The second-order valence-electron chi connectivity index (χ2n) is 4.40. The topological polar surface area (TPSA) is 87.3 Å². The van der Waals surface area contributed by atoms with Crippen LogP contribution < -0.4 is 10.5 Å². The molecule has 0 saturated carbocycles. The molecule has 2 N–H and O–H groups in total. The zero-order valence-corrected chi connectivity index (χ0v) is 11.8. The van der Waals surface area contributed by atoms with Crippen LogP contribution in [0.4, 0.5) is 10.1 Å². The second kappa shape index (κ2) is 5.74. The number of nitrogens with zero attached hydrogens (tertiary/aromatic N) is 2. The highest BCUT2D eigenvalue weighted by molar-refractivity contribution is 5.85. The van der Waals surface area contributed by atoms with E-state index in [0.717, 1.165) is 0 Å². The molecule has 0 atom stereocenters. The Bertz CT molecular complexity index is 704. The van der Waals surface area contributed by atoms with Gasteiger partial charge in [0.05, 0.1) is 7.11 Å². The fourth-order valence-electron chi connectivity index (χ4n) is 1.64. The minimum atomic E-state index is -0.697. The van der Waals surface area contributed by atoms with E-state index >= 15 is 0 Å². The minimum absolute atomic E-state index is 0.0318. The van der Waals surface area contributed by atoms with E-state index < -0.39 is 11.8 Å². The van der Waals surface area contributed by atoms with Gasteiger partial charge in [-0.2, -0.15) is 4.98 Å². The number of hydrogen-bond donors (Lipinski definition) is 1. The molecule has 6 nitrogen and oxygen atoms in total. The summed E-state index contributed by atoms with van der Waals surface area (Å²) in [6.07, 6.45) is 0. The highest BCUT2D eigenvalue weighted by Gasteiger charge is 2.14. The van der Waals surface area contributed by atoms with Crippen LogP contribution in [0.1, 0.15) is 21.9 Å². The van der Waals surface area contributed by atoms with Crippen molar-refractivity contribution in [3.05, 3.63) is 41.1 Å². The monoisotopic (exact) mass is 291 g/mol. The lowest BCUT2D eigenvalue weighted by atomic mass is 10.2. The molecule has 0 aliphatic rings. The zero-order valence-electron chi connectivity index (χ0n) is 11.8. The third kappa shape index (κ3) is 3.25. The summed E-state index contributed by atoms with van der Waals surface area (Å²) in [5, 5.41) is 0. The van der Waals surface area contributed by atoms with Crippen LogP contribution in [0.15, 0.2) is 18.2 Å². The van der Waals surface area contributed by atoms with Gasteiger partial charge in [-0.1, -0.05) is 0 Å². The number of ether oxygens (including phenoxy) is 2. The largest absolute Gasteiger partial charge is 0.463 e. The van der Waals surface area contributed by atoms with Crippen molar-refractivity contribution in [2.24, 2.45) is 0 Å². The lowest BCUT2D eigenvalue weighted by molar-refractivity contribution is 0.0585. The number of aryl methyl sites for hydroxylation is 2. The Morgan fingerprint density at radius 2 is 1.95 bits per heavy atom. The van der Waals surface area contributed by atoms with E-state index in [2.05, 4.69) is 14.7 Å². The van der Waals surface area contributed by atoms with Crippen LogP contribution in [0, 0.1) is 19.7 Å². The summed E-state index contributed by atoms with van der Waals surface area (Å²) in [6, 6.07) is 4.11. The standard InChI is InChI=1S/C14H14FN3O3/c1-7-4-11(9(15)6-10(7)16)21-12-5-8(2)17-13(18-12)14(19)20-3/h4-6H,16H2,1-3H3. The molecule has 110 valence electrons. The SMILES string of the molecule is COC(=O)c1nc(C)cc(Oc2cc(C)c(N)cc2F)n1. The van der Waals surface area contributed by atoms with Gasteiger partial charge in [-0.25, -0.2) is 14.2 Å². The molecule has 0 fully saturated rings. The molecule has 0 saturated heterocycles. The van der Waals surface area contributed by atoms with Crippen molar-refractivity contribution in [2.45, 2.75) is 13.8 Å². The smallest absolute Gasteiger partial charge is 0.376 e. The fraction of sp³-hybridized carbons (Fsp3) is 0.214. The van der Waals surface area contributed by atoms with Crippen molar-refractivity contribution in [3.8, 4) is 11.6 Å². The molecular formula is C14H14FN3O3. The number of methoxy groups -OCH3 is 1. The number of nitrogens with two attached hydrogens (primary N) is 1.